The largest absolute Gasteiger partial charge is 0.456 e. The summed E-state index contributed by atoms with van der Waals surface area (Å²) in [5.41, 5.74) is 8.94. The highest BCUT2D eigenvalue weighted by Gasteiger charge is 2.20. The summed E-state index contributed by atoms with van der Waals surface area (Å²) in [5, 5.41) is 6.77. The van der Waals surface area contributed by atoms with E-state index in [-0.39, 0.29) is 0 Å². The summed E-state index contributed by atoms with van der Waals surface area (Å²) in [5.74, 6) is 0. The lowest BCUT2D eigenvalue weighted by Gasteiger charge is -2.26. The fraction of sp³-hybridized carbons (Fsp3) is 0. The zero-order valence-corrected chi connectivity index (χ0v) is 23.2. The van der Waals surface area contributed by atoms with Crippen molar-refractivity contribution in [2.45, 2.75) is 0 Å². The van der Waals surface area contributed by atoms with Gasteiger partial charge in [0.25, 0.3) is 0 Å². The van der Waals surface area contributed by atoms with E-state index < -0.39 is 0 Å². The first kappa shape index (κ1) is 23.9. The molecule has 43 heavy (non-hydrogen) atoms. The van der Waals surface area contributed by atoms with Crippen molar-refractivity contribution in [3.63, 3.8) is 0 Å². The molecule has 7 aromatic carbocycles. The first-order chi connectivity index (χ1) is 21.3. The monoisotopic (exact) mass is 551 g/mol. The van der Waals surface area contributed by atoms with Gasteiger partial charge in [0.15, 0.2) is 5.58 Å². The minimum absolute atomic E-state index is 0.860. The van der Waals surface area contributed by atoms with E-state index in [2.05, 4.69) is 138 Å². The van der Waals surface area contributed by atoms with Crippen molar-refractivity contribution in [3.05, 3.63) is 152 Å². The second-order valence-electron chi connectivity index (χ2n) is 11.0. The lowest BCUT2D eigenvalue weighted by molar-refractivity contribution is 0.669. The maximum absolute atomic E-state index is 6.53. The van der Waals surface area contributed by atoms with Crippen LogP contribution in [-0.4, -0.2) is 0 Å². The van der Waals surface area contributed by atoms with Gasteiger partial charge in [-0.15, -0.1) is 0 Å². The van der Waals surface area contributed by atoms with Crippen molar-refractivity contribution in [1.82, 2.24) is 0 Å². The van der Waals surface area contributed by atoms with Crippen molar-refractivity contribution in [2.75, 3.05) is 4.90 Å². The Balaban J connectivity index is 1.28. The lowest BCUT2D eigenvalue weighted by atomic mass is 10.0. The number of hydrogen-bond acceptors (Lipinski definition) is 3. The van der Waals surface area contributed by atoms with Crippen molar-refractivity contribution < 1.29 is 8.83 Å². The molecule has 0 aliphatic heterocycles. The number of rotatable bonds is 4. The highest BCUT2D eigenvalue weighted by Crippen LogP contribution is 2.44. The molecule has 9 rings (SSSR count). The van der Waals surface area contributed by atoms with Crippen LogP contribution < -0.4 is 4.90 Å². The molecule has 0 aliphatic carbocycles. The van der Waals surface area contributed by atoms with E-state index >= 15 is 0 Å². The number of hydrogen-bond donors (Lipinski definition) is 0. The molecule has 202 valence electrons. The quantitative estimate of drug-likeness (QED) is 0.218. The van der Waals surface area contributed by atoms with Crippen molar-refractivity contribution in [3.8, 4) is 11.1 Å². The van der Waals surface area contributed by atoms with Gasteiger partial charge >= 0.3 is 0 Å². The Morgan fingerprint density at radius 1 is 0.372 bits per heavy atom. The fourth-order valence-electron chi connectivity index (χ4n) is 6.36. The second-order valence-corrected chi connectivity index (χ2v) is 11.0. The van der Waals surface area contributed by atoms with Crippen LogP contribution in [0.5, 0.6) is 0 Å². The lowest BCUT2D eigenvalue weighted by Crippen LogP contribution is -2.10. The third-order valence-electron chi connectivity index (χ3n) is 8.44. The molecule has 0 unspecified atom stereocenters. The Morgan fingerprint density at radius 2 is 1.02 bits per heavy atom. The third kappa shape index (κ3) is 3.83. The van der Waals surface area contributed by atoms with Crippen LogP contribution in [0.25, 0.3) is 65.8 Å². The summed E-state index contributed by atoms with van der Waals surface area (Å²) < 4.78 is 12.9. The molecule has 2 aromatic heterocycles. The first-order valence-corrected chi connectivity index (χ1v) is 14.5. The zero-order valence-electron chi connectivity index (χ0n) is 23.2. The summed E-state index contributed by atoms with van der Waals surface area (Å²) in [6.07, 6.45) is 0. The Bertz CT molecular complexity index is 2450. The molecule has 0 saturated carbocycles. The maximum Gasteiger partial charge on any atom is 0.159 e. The van der Waals surface area contributed by atoms with E-state index in [0.29, 0.717) is 0 Å². The van der Waals surface area contributed by atoms with Gasteiger partial charge in [0.05, 0.1) is 5.69 Å². The number of anilines is 3. The van der Waals surface area contributed by atoms with Crippen LogP contribution in [-0.2, 0) is 0 Å². The smallest absolute Gasteiger partial charge is 0.159 e. The fourth-order valence-corrected chi connectivity index (χ4v) is 6.36. The average Bonchev–Trinajstić information content (AvgIpc) is 3.63. The topological polar surface area (TPSA) is 29.5 Å². The van der Waals surface area contributed by atoms with Gasteiger partial charge in [0.2, 0.25) is 0 Å². The van der Waals surface area contributed by atoms with Crippen LogP contribution in [0.4, 0.5) is 17.1 Å². The average molecular weight is 552 g/mol. The molecule has 0 spiro atoms. The Kier molecular flexibility index (Phi) is 5.20. The number of furan rings is 2. The van der Waals surface area contributed by atoms with Gasteiger partial charge in [-0.3, -0.25) is 0 Å². The van der Waals surface area contributed by atoms with Crippen LogP contribution in [0.1, 0.15) is 0 Å². The number of fused-ring (bicyclic) bond motifs is 7. The van der Waals surface area contributed by atoms with Gasteiger partial charge < -0.3 is 13.7 Å². The molecule has 0 radical (unpaired) electrons. The molecular formula is C40H25NO2. The zero-order chi connectivity index (χ0) is 28.3. The molecule has 0 bridgehead atoms. The highest BCUT2D eigenvalue weighted by atomic mass is 16.3. The molecule has 2 heterocycles. The predicted molar refractivity (Wildman–Crippen MR) is 179 cm³/mol. The Hall–Kier alpha value is -5.80. The van der Waals surface area contributed by atoms with Crippen LogP contribution in [0, 0.1) is 0 Å². The van der Waals surface area contributed by atoms with Crippen molar-refractivity contribution in [1.29, 1.82) is 0 Å². The number of benzene rings is 7. The molecule has 0 atom stereocenters. The summed E-state index contributed by atoms with van der Waals surface area (Å²) in [6.45, 7) is 0. The van der Waals surface area contributed by atoms with E-state index in [9.17, 15) is 0 Å². The van der Waals surface area contributed by atoms with E-state index in [1.54, 1.807) is 0 Å². The van der Waals surface area contributed by atoms with E-state index in [1.165, 1.54) is 21.9 Å². The van der Waals surface area contributed by atoms with Crippen LogP contribution in [0.15, 0.2) is 160 Å². The molecule has 3 nitrogen and oxygen atoms in total. The standard InChI is InChI=1S/C40H25NO2/c1-2-9-26(10-3-1)27-17-19-30(20-18-27)41(36-15-8-14-33-32-13-6-7-16-37(32)43-40(33)36)31-21-22-38-35(25-31)34-23-28-11-4-5-12-29(28)24-39(34)42-38/h1-25H. The Labute approximate surface area is 247 Å². The predicted octanol–water partition coefficient (Wildman–Crippen LogP) is 11.8. The van der Waals surface area contributed by atoms with Gasteiger partial charge in [0, 0.05) is 32.9 Å². The summed E-state index contributed by atoms with van der Waals surface area (Å²) in [6, 6.07) is 53.1. The number of nitrogens with zero attached hydrogens (tertiary/aromatic N) is 1. The molecule has 3 heteroatoms. The van der Waals surface area contributed by atoms with Crippen LogP contribution in [0.3, 0.4) is 0 Å². The molecule has 0 amide bonds. The molecule has 0 aliphatic rings. The first-order valence-electron chi connectivity index (χ1n) is 14.5. The molecule has 9 aromatic rings. The Morgan fingerprint density at radius 3 is 1.88 bits per heavy atom. The third-order valence-corrected chi connectivity index (χ3v) is 8.44. The summed E-state index contributed by atoms with van der Waals surface area (Å²) in [4.78, 5) is 2.29. The molecule has 0 saturated heterocycles. The molecular weight excluding hydrogens is 526 g/mol. The van der Waals surface area contributed by atoms with E-state index in [1.807, 2.05) is 18.2 Å². The van der Waals surface area contributed by atoms with E-state index in [4.69, 9.17) is 8.83 Å². The highest BCUT2D eigenvalue weighted by molar-refractivity contribution is 6.13. The second kappa shape index (κ2) is 9.37. The minimum Gasteiger partial charge on any atom is -0.456 e. The normalized spacial score (nSPS) is 11.7. The molecule has 0 N–H and O–H groups in total. The van der Waals surface area contributed by atoms with E-state index in [0.717, 1.165) is 60.9 Å². The van der Waals surface area contributed by atoms with Crippen molar-refractivity contribution in [2.24, 2.45) is 0 Å². The van der Waals surface area contributed by atoms with Gasteiger partial charge in [-0.25, -0.2) is 0 Å². The van der Waals surface area contributed by atoms with Gasteiger partial charge in [-0.1, -0.05) is 97.1 Å². The minimum atomic E-state index is 0.860. The summed E-state index contributed by atoms with van der Waals surface area (Å²) in [7, 11) is 0. The summed E-state index contributed by atoms with van der Waals surface area (Å²) >= 11 is 0. The van der Waals surface area contributed by atoms with Crippen LogP contribution in [0.2, 0.25) is 0 Å². The SMILES string of the molecule is c1ccc(-c2ccc(N(c3ccc4oc5cc6ccccc6cc5c4c3)c3cccc4c3oc3ccccc34)cc2)cc1. The molecule has 0 fully saturated rings. The van der Waals surface area contributed by atoms with Crippen molar-refractivity contribution >= 4 is 71.7 Å². The van der Waals surface area contributed by atoms with Crippen LogP contribution >= 0.6 is 0 Å². The maximum atomic E-state index is 6.53. The van der Waals surface area contributed by atoms with Gasteiger partial charge in [0.1, 0.15) is 16.7 Å². The van der Waals surface area contributed by atoms with Gasteiger partial charge in [-0.2, -0.15) is 0 Å². The number of para-hydroxylation sites is 2. The van der Waals surface area contributed by atoms with Gasteiger partial charge in [-0.05, 0) is 76.5 Å².